The molecule has 6 nitrogen and oxygen atoms in total. The minimum absolute atomic E-state index is 0.395. The molecule has 0 atom stereocenters. The van der Waals surface area contributed by atoms with Gasteiger partial charge < -0.3 is 15.2 Å². The summed E-state index contributed by atoms with van der Waals surface area (Å²) in [5.74, 6) is 1.16. The highest BCUT2D eigenvalue weighted by Crippen LogP contribution is 2.17. The third-order valence-corrected chi connectivity index (χ3v) is 2.20. The molecule has 2 rings (SSSR count). The van der Waals surface area contributed by atoms with Gasteiger partial charge in [-0.2, -0.15) is 4.98 Å². The van der Waals surface area contributed by atoms with E-state index in [4.69, 9.17) is 10.3 Å². The van der Waals surface area contributed by atoms with Crippen molar-refractivity contribution in [3.05, 3.63) is 29.8 Å². The number of nitrogens with zero attached hydrogens (tertiary/aromatic N) is 4. The first-order chi connectivity index (χ1) is 8.19. The van der Waals surface area contributed by atoms with Crippen molar-refractivity contribution in [2.75, 3.05) is 14.1 Å². The molecule has 90 valence electrons. The van der Waals surface area contributed by atoms with Crippen LogP contribution in [0.1, 0.15) is 11.5 Å². The molecule has 2 aromatic heterocycles. The quantitative estimate of drug-likeness (QED) is 0.835. The van der Waals surface area contributed by atoms with Gasteiger partial charge in [0, 0.05) is 18.3 Å². The van der Waals surface area contributed by atoms with Crippen LogP contribution in [0, 0.1) is 0 Å². The first-order valence-corrected chi connectivity index (χ1v) is 5.31. The van der Waals surface area contributed by atoms with Gasteiger partial charge in [-0.05, 0) is 26.2 Å². The number of hydrogen-bond donors (Lipinski definition) is 1. The van der Waals surface area contributed by atoms with E-state index in [0.717, 1.165) is 11.3 Å². The highest BCUT2D eigenvalue weighted by molar-refractivity contribution is 5.52. The van der Waals surface area contributed by atoms with E-state index in [0.29, 0.717) is 24.8 Å². The van der Waals surface area contributed by atoms with Crippen LogP contribution in [0.2, 0.25) is 0 Å². The average Bonchev–Trinajstić information content (AvgIpc) is 2.77. The Bertz CT molecular complexity index is 494. The fourth-order valence-electron chi connectivity index (χ4n) is 1.44. The minimum atomic E-state index is 0.395. The second-order valence-corrected chi connectivity index (χ2v) is 3.99. The summed E-state index contributed by atoms with van der Waals surface area (Å²) < 4.78 is 5.19. The Labute approximate surface area is 99.5 Å². The summed E-state index contributed by atoms with van der Waals surface area (Å²) in [6, 6.07) is 3.68. The summed E-state index contributed by atoms with van der Waals surface area (Å²) in [5.41, 5.74) is 7.18. The summed E-state index contributed by atoms with van der Waals surface area (Å²) in [4.78, 5) is 10.4. The highest BCUT2D eigenvalue weighted by Gasteiger charge is 2.09. The second-order valence-electron chi connectivity index (χ2n) is 3.99. The predicted molar refractivity (Wildman–Crippen MR) is 62.8 cm³/mol. The number of rotatable bonds is 4. The van der Waals surface area contributed by atoms with Crippen molar-refractivity contribution < 1.29 is 4.52 Å². The van der Waals surface area contributed by atoms with Crippen LogP contribution in [-0.4, -0.2) is 34.1 Å². The number of aromatic nitrogens is 3. The zero-order valence-corrected chi connectivity index (χ0v) is 9.92. The Morgan fingerprint density at radius 1 is 1.41 bits per heavy atom. The first-order valence-electron chi connectivity index (χ1n) is 5.31. The Kier molecular flexibility index (Phi) is 3.46. The van der Waals surface area contributed by atoms with Crippen molar-refractivity contribution in [1.82, 2.24) is 20.0 Å². The molecule has 2 heterocycles. The van der Waals surface area contributed by atoms with Gasteiger partial charge in [-0.25, -0.2) is 0 Å². The Balaban J connectivity index is 2.24. The summed E-state index contributed by atoms with van der Waals surface area (Å²) in [6.07, 6.45) is 1.69. The topological polar surface area (TPSA) is 81.1 Å². The van der Waals surface area contributed by atoms with Gasteiger partial charge in [-0.3, -0.25) is 4.98 Å². The molecule has 2 N–H and O–H groups in total. The molecule has 0 spiro atoms. The maximum atomic E-state index is 5.53. The van der Waals surface area contributed by atoms with Gasteiger partial charge in [0.15, 0.2) is 5.82 Å². The highest BCUT2D eigenvalue weighted by atomic mass is 16.5. The van der Waals surface area contributed by atoms with Crippen LogP contribution in [0.25, 0.3) is 11.5 Å². The van der Waals surface area contributed by atoms with Gasteiger partial charge in [0.05, 0.1) is 12.2 Å². The van der Waals surface area contributed by atoms with E-state index >= 15 is 0 Å². The molecule has 0 aliphatic carbocycles. The molecule has 0 amide bonds. The van der Waals surface area contributed by atoms with Crippen LogP contribution in [0.4, 0.5) is 0 Å². The molecule has 0 aromatic carbocycles. The van der Waals surface area contributed by atoms with Crippen LogP contribution >= 0.6 is 0 Å². The summed E-state index contributed by atoms with van der Waals surface area (Å²) in [6.45, 7) is 1.05. The van der Waals surface area contributed by atoms with Gasteiger partial charge in [0.1, 0.15) is 0 Å². The largest absolute Gasteiger partial charge is 0.334 e. The van der Waals surface area contributed by atoms with Crippen molar-refractivity contribution in [1.29, 1.82) is 0 Å². The SMILES string of the molecule is CN(C)Cc1noc(-c2ccnc(CN)c2)n1. The van der Waals surface area contributed by atoms with E-state index < -0.39 is 0 Å². The van der Waals surface area contributed by atoms with Gasteiger partial charge in [-0.15, -0.1) is 0 Å². The molecule has 0 fully saturated rings. The maximum Gasteiger partial charge on any atom is 0.258 e. The van der Waals surface area contributed by atoms with E-state index in [1.807, 2.05) is 31.1 Å². The van der Waals surface area contributed by atoms with Crippen molar-refractivity contribution in [3.63, 3.8) is 0 Å². The maximum absolute atomic E-state index is 5.53. The van der Waals surface area contributed by atoms with Gasteiger partial charge in [-0.1, -0.05) is 5.16 Å². The standard InChI is InChI=1S/C11H15N5O/c1-16(2)7-10-14-11(17-15-10)8-3-4-13-9(5-8)6-12/h3-5H,6-7,12H2,1-2H3. The third kappa shape index (κ3) is 2.86. The monoisotopic (exact) mass is 233 g/mol. The molecular weight excluding hydrogens is 218 g/mol. The summed E-state index contributed by atoms with van der Waals surface area (Å²) >= 11 is 0. The molecule has 2 aromatic rings. The van der Waals surface area contributed by atoms with Gasteiger partial charge in [0.2, 0.25) is 0 Å². The lowest BCUT2D eigenvalue weighted by atomic mass is 10.2. The lowest BCUT2D eigenvalue weighted by molar-refractivity contribution is 0.365. The molecule has 0 aliphatic heterocycles. The van der Waals surface area contributed by atoms with Crippen LogP contribution in [0.15, 0.2) is 22.9 Å². The van der Waals surface area contributed by atoms with E-state index in [9.17, 15) is 0 Å². The van der Waals surface area contributed by atoms with Crippen molar-refractivity contribution in [3.8, 4) is 11.5 Å². The third-order valence-electron chi connectivity index (χ3n) is 2.20. The molecule has 6 heteroatoms. The van der Waals surface area contributed by atoms with Crippen LogP contribution in [0.3, 0.4) is 0 Å². The number of nitrogens with two attached hydrogens (primary N) is 1. The van der Waals surface area contributed by atoms with Crippen molar-refractivity contribution in [2.45, 2.75) is 13.1 Å². The minimum Gasteiger partial charge on any atom is -0.334 e. The lowest BCUT2D eigenvalue weighted by Gasteiger charge is -2.03. The zero-order chi connectivity index (χ0) is 12.3. The van der Waals surface area contributed by atoms with E-state index in [1.54, 1.807) is 6.20 Å². The van der Waals surface area contributed by atoms with E-state index in [1.165, 1.54) is 0 Å². The zero-order valence-electron chi connectivity index (χ0n) is 9.92. The Hall–Kier alpha value is -1.79. The van der Waals surface area contributed by atoms with Crippen LogP contribution < -0.4 is 5.73 Å². The Morgan fingerprint density at radius 2 is 2.24 bits per heavy atom. The summed E-state index contributed by atoms with van der Waals surface area (Å²) in [5, 5.41) is 3.91. The summed E-state index contributed by atoms with van der Waals surface area (Å²) in [7, 11) is 3.91. The smallest absolute Gasteiger partial charge is 0.258 e. The van der Waals surface area contributed by atoms with Crippen molar-refractivity contribution >= 4 is 0 Å². The number of hydrogen-bond acceptors (Lipinski definition) is 6. The van der Waals surface area contributed by atoms with Crippen LogP contribution in [0.5, 0.6) is 0 Å². The lowest BCUT2D eigenvalue weighted by Crippen LogP contribution is -2.11. The predicted octanol–water partition coefficient (Wildman–Crippen LogP) is 0.652. The average molecular weight is 233 g/mol. The molecule has 0 aliphatic rings. The fourth-order valence-corrected chi connectivity index (χ4v) is 1.44. The molecule has 0 saturated carbocycles. The Morgan fingerprint density at radius 3 is 2.94 bits per heavy atom. The first kappa shape index (κ1) is 11.7. The molecule has 0 bridgehead atoms. The van der Waals surface area contributed by atoms with E-state index in [-0.39, 0.29) is 0 Å². The van der Waals surface area contributed by atoms with Gasteiger partial charge in [0.25, 0.3) is 5.89 Å². The van der Waals surface area contributed by atoms with E-state index in [2.05, 4.69) is 15.1 Å². The molecule has 17 heavy (non-hydrogen) atoms. The number of pyridine rings is 1. The van der Waals surface area contributed by atoms with Gasteiger partial charge >= 0.3 is 0 Å². The van der Waals surface area contributed by atoms with Crippen LogP contribution in [-0.2, 0) is 13.1 Å². The molecule has 0 saturated heterocycles. The normalized spacial score (nSPS) is 11.1. The fraction of sp³-hybridized carbons (Fsp3) is 0.364. The second kappa shape index (κ2) is 5.03. The molecule has 0 radical (unpaired) electrons. The molecule has 0 unspecified atom stereocenters. The van der Waals surface area contributed by atoms with Crippen molar-refractivity contribution in [2.24, 2.45) is 5.73 Å². The molecular formula is C11H15N5O.